The predicted octanol–water partition coefficient (Wildman–Crippen LogP) is 2.00. The number of halogens is 2. The molecule has 1 aromatic carbocycles. The van der Waals surface area contributed by atoms with Crippen molar-refractivity contribution in [2.45, 2.75) is 6.04 Å². The van der Waals surface area contributed by atoms with E-state index in [2.05, 4.69) is 11.3 Å². The summed E-state index contributed by atoms with van der Waals surface area (Å²) < 4.78 is 30.5. The van der Waals surface area contributed by atoms with E-state index in [1.54, 1.807) is 0 Å². The maximum absolute atomic E-state index is 13.0. The van der Waals surface area contributed by atoms with Crippen LogP contribution in [-0.2, 0) is 9.53 Å². The van der Waals surface area contributed by atoms with Gasteiger partial charge in [-0.2, -0.15) is 0 Å². The van der Waals surface area contributed by atoms with Crippen LogP contribution >= 0.6 is 0 Å². The van der Waals surface area contributed by atoms with E-state index in [4.69, 9.17) is 5.11 Å². The van der Waals surface area contributed by atoms with E-state index in [0.717, 1.165) is 12.1 Å². The standard InChI is InChI=1S/C12H11F2NO4/c1-2-3-19-12(18)15-10(11(16)17)7-4-8(13)6-9(14)5-7/h2,4-6,10H,1,3H2,(H,15,18)(H,16,17). The van der Waals surface area contributed by atoms with Gasteiger partial charge in [0.05, 0.1) is 0 Å². The van der Waals surface area contributed by atoms with E-state index in [0.29, 0.717) is 6.07 Å². The molecule has 1 rings (SSSR count). The lowest BCUT2D eigenvalue weighted by Gasteiger charge is -2.14. The third-order valence-electron chi connectivity index (χ3n) is 2.06. The first kappa shape index (κ1) is 14.6. The third kappa shape index (κ3) is 4.38. The van der Waals surface area contributed by atoms with Gasteiger partial charge in [0.1, 0.15) is 18.2 Å². The fraction of sp³-hybridized carbons (Fsp3) is 0.167. The zero-order valence-corrected chi connectivity index (χ0v) is 9.73. The van der Waals surface area contributed by atoms with Gasteiger partial charge in [-0.25, -0.2) is 18.4 Å². The average molecular weight is 271 g/mol. The highest BCUT2D eigenvalue weighted by atomic mass is 19.1. The number of carbonyl (C=O) groups is 2. The normalized spacial score (nSPS) is 11.5. The van der Waals surface area contributed by atoms with Crippen LogP contribution in [0.25, 0.3) is 0 Å². The summed E-state index contributed by atoms with van der Waals surface area (Å²) in [7, 11) is 0. The molecule has 0 heterocycles. The number of carboxylic acids is 1. The number of alkyl carbamates (subject to hydrolysis) is 1. The van der Waals surface area contributed by atoms with Crippen molar-refractivity contribution in [2.24, 2.45) is 0 Å². The molecule has 0 aliphatic carbocycles. The summed E-state index contributed by atoms with van der Waals surface area (Å²) in [5.74, 6) is -3.36. The van der Waals surface area contributed by atoms with Crippen molar-refractivity contribution in [3.05, 3.63) is 48.1 Å². The first-order chi connectivity index (χ1) is 8.93. The molecule has 0 saturated carbocycles. The van der Waals surface area contributed by atoms with Crippen LogP contribution in [0.4, 0.5) is 13.6 Å². The fourth-order valence-corrected chi connectivity index (χ4v) is 1.32. The molecule has 0 aliphatic rings. The first-order valence-electron chi connectivity index (χ1n) is 5.17. The van der Waals surface area contributed by atoms with Crippen molar-refractivity contribution in [3.63, 3.8) is 0 Å². The Morgan fingerprint density at radius 3 is 2.42 bits per heavy atom. The van der Waals surface area contributed by atoms with Crippen LogP contribution in [0, 0.1) is 11.6 Å². The predicted molar refractivity (Wildman–Crippen MR) is 61.4 cm³/mol. The van der Waals surface area contributed by atoms with Gasteiger partial charge in [-0.15, -0.1) is 0 Å². The second-order valence-corrected chi connectivity index (χ2v) is 3.51. The number of nitrogens with one attached hydrogen (secondary N) is 1. The minimum absolute atomic E-state index is 0.115. The molecule has 1 atom stereocenters. The molecule has 5 nitrogen and oxygen atoms in total. The number of aliphatic carboxylic acids is 1. The number of amides is 1. The van der Waals surface area contributed by atoms with Gasteiger partial charge < -0.3 is 15.2 Å². The molecule has 0 radical (unpaired) electrons. The van der Waals surface area contributed by atoms with Crippen molar-refractivity contribution < 1.29 is 28.2 Å². The number of carboxylic acid groups (broad SMARTS) is 1. The average Bonchev–Trinajstić information content (AvgIpc) is 2.31. The van der Waals surface area contributed by atoms with Crippen molar-refractivity contribution >= 4 is 12.1 Å². The Labute approximate surface area is 107 Å². The highest BCUT2D eigenvalue weighted by molar-refractivity contribution is 5.81. The van der Waals surface area contributed by atoms with E-state index in [-0.39, 0.29) is 12.2 Å². The van der Waals surface area contributed by atoms with Gasteiger partial charge in [0, 0.05) is 6.07 Å². The van der Waals surface area contributed by atoms with E-state index in [1.807, 2.05) is 5.32 Å². The van der Waals surface area contributed by atoms with Crippen molar-refractivity contribution in [1.82, 2.24) is 5.32 Å². The molecular weight excluding hydrogens is 260 g/mol. The SMILES string of the molecule is C=CCOC(=O)NC(C(=O)O)c1cc(F)cc(F)c1. The van der Waals surface area contributed by atoms with Gasteiger partial charge in [-0.3, -0.25) is 0 Å². The number of hydrogen-bond acceptors (Lipinski definition) is 3. The Balaban J connectivity index is 2.91. The van der Waals surface area contributed by atoms with Gasteiger partial charge in [0.2, 0.25) is 0 Å². The van der Waals surface area contributed by atoms with Crippen molar-refractivity contribution in [2.75, 3.05) is 6.61 Å². The highest BCUT2D eigenvalue weighted by Crippen LogP contribution is 2.17. The Hall–Kier alpha value is -2.44. The summed E-state index contributed by atoms with van der Waals surface area (Å²) in [5, 5.41) is 10.9. The first-order valence-corrected chi connectivity index (χ1v) is 5.17. The smallest absolute Gasteiger partial charge is 0.408 e. The van der Waals surface area contributed by atoms with Gasteiger partial charge in [0.15, 0.2) is 6.04 Å². The molecular formula is C12H11F2NO4. The minimum Gasteiger partial charge on any atom is -0.479 e. The zero-order valence-electron chi connectivity index (χ0n) is 9.73. The quantitative estimate of drug-likeness (QED) is 0.803. The minimum atomic E-state index is -1.61. The molecule has 1 amide bonds. The second kappa shape index (κ2) is 6.48. The molecule has 2 N–H and O–H groups in total. The topological polar surface area (TPSA) is 75.6 Å². The molecule has 1 aromatic rings. The largest absolute Gasteiger partial charge is 0.479 e. The molecule has 19 heavy (non-hydrogen) atoms. The molecule has 7 heteroatoms. The summed E-state index contributed by atoms with van der Waals surface area (Å²) in [4.78, 5) is 22.2. The molecule has 0 fully saturated rings. The number of rotatable bonds is 5. The molecule has 0 bridgehead atoms. The van der Waals surface area contributed by atoms with E-state index < -0.39 is 29.7 Å². The van der Waals surface area contributed by atoms with Gasteiger partial charge in [-0.05, 0) is 17.7 Å². The lowest BCUT2D eigenvalue weighted by atomic mass is 10.1. The molecule has 0 spiro atoms. The van der Waals surface area contributed by atoms with Gasteiger partial charge >= 0.3 is 12.1 Å². The van der Waals surface area contributed by atoms with Crippen LogP contribution in [0.15, 0.2) is 30.9 Å². The number of ether oxygens (including phenoxy) is 1. The Morgan fingerprint density at radius 1 is 1.37 bits per heavy atom. The van der Waals surface area contributed by atoms with E-state index >= 15 is 0 Å². The van der Waals surface area contributed by atoms with Crippen molar-refractivity contribution in [3.8, 4) is 0 Å². The van der Waals surface area contributed by atoms with Crippen LogP contribution in [0.1, 0.15) is 11.6 Å². The molecule has 102 valence electrons. The van der Waals surface area contributed by atoms with E-state index in [1.165, 1.54) is 6.08 Å². The number of hydrogen-bond donors (Lipinski definition) is 2. The molecule has 0 aromatic heterocycles. The molecule has 1 unspecified atom stereocenters. The van der Waals surface area contributed by atoms with Crippen LogP contribution in [0.3, 0.4) is 0 Å². The summed E-state index contributed by atoms with van der Waals surface area (Å²) in [6, 6.07) is 0.617. The van der Waals surface area contributed by atoms with Gasteiger partial charge in [-0.1, -0.05) is 12.7 Å². The van der Waals surface area contributed by atoms with E-state index in [9.17, 15) is 18.4 Å². The monoisotopic (exact) mass is 271 g/mol. The maximum atomic E-state index is 13.0. The lowest BCUT2D eigenvalue weighted by Crippen LogP contribution is -2.34. The zero-order chi connectivity index (χ0) is 14.4. The van der Waals surface area contributed by atoms with Crippen LogP contribution in [0.2, 0.25) is 0 Å². The Kier molecular flexibility index (Phi) is 4.99. The molecule has 0 aliphatic heterocycles. The summed E-state index contributed by atoms with van der Waals surface area (Å²) in [5.41, 5.74) is -0.236. The van der Waals surface area contributed by atoms with Crippen LogP contribution in [0.5, 0.6) is 0 Å². The summed E-state index contributed by atoms with van der Waals surface area (Å²) in [6.07, 6.45) is 0.258. The fourth-order valence-electron chi connectivity index (χ4n) is 1.32. The highest BCUT2D eigenvalue weighted by Gasteiger charge is 2.23. The summed E-state index contributed by atoms with van der Waals surface area (Å²) in [6.45, 7) is 3.19. The Bertz CT molecular complexity index is 484. The van der Waals surface area contributed by atoms with Crippen molar-refractivity contribution in [1.29, 1.82) is 0 Å². The van der Waals surface area contributed by atoms with Gasteiger partial charge in [0.25, 0.3) is 0 Å². The molecule has 0 saturated heterocycles. The maximum Gasteiger partial charge on any atom is 0.408 e. The van der Waals surface area contributed by atoms with Crippen LogP contribution in [-0.4, -0.2) is 23.8 Å². The Morgan fingerprint density at radius 2 is 1.95 bits per heavy atom. The summed E-state index contributed by atoms with van der Waals surface area (Å²) >= 11 is 0. The third-order valence-corrected chi connectivity index (χ3v) is 2.06. The number of carbonyl (C=O) groups excluding carboxylic acids is 1. The number of benzene rings is 1. The second-order valence-electron chi connectivity index (χ2n) is 3.51. The van der Waals surface area contributed by atoms with Crippen LogP contribution < -0.4 is 5.32 Å². The lowest BCUT2D eigenvalue weighted by molar-refractivity contribution is -0.139.